The fourth-order valence-corrected chi connectivity index (χ4v) is 10.1. The molecule has 1 amide bonds. The number of hydrogen-bond donors (Lipinski definition) is 9. The lowest BCUT2D eigenvalue weighted by Gasteiger charge is -2.46. The van der Waals surface area contributed by atoms with Crippen LogP contribution in [0.2, 0.25) is 0 Å². The van der Waals surface area contributed by atoms with Gasteiger partial charge in [-0.05, 0) is 83.5 Å². The van der Waals surface area contributed by atoms with Crippen molar-refractivity contribution < 1.29 is 64.6 Å². The van der Waals surface area contributed by atoms with Crippen LogP contribution in [-0.2, 0) is 23.7 Å². The number of amides is 1. The van der Waals surface area contributed by atoms with Crippen molar-refractivity contribution in [2.75, 3.05) is 19.8 Å². The van der Waals surface area contributed by atoms with Gasteiger partial charge in [-0.25, -0.2) is 0 Å². The SMILES string of the molecule is CC/C=C\C/C=C\C/C=C\C/C=C\CCCCCCCCCCCCCCC(=O)NC(COC1OC(CO)C(OC2OC(CO)C(O)C(O)C2O)C(O)C1O)C(O)/C=C/CC/C=C/CC/C=C/CCCCCCCCCCCCCC. The first kappa shape index (κ1) is 74.3. The summed E-state index contributed by atoms with van der Waals surface area (Å²) in [4.78, 5) is 13.3. The van der Waals surface area contributed by atoms with Gasteiger partial charge in [-0.1, -0.05) is 234 Å². The Kier molecular flexibility index (Phi) is 47.3. The van der Waals surface area contributed by atoms with E-state index in [0.29, 0.717) is 12.8 Å². The second kappa shape index (κ2) is 51.6. The summed E-state index contributed by atoms with van der Waals surface area (Å²) in [7, 11) is 0. The van der Waals surface area contributed by atoms with Gasteiger partial charge >= 0.3 is 0 Å². The third-order valence-electron chi connectivity index (χ3n) is 15.3. The highest BCUT2D eigenvalue weighted by molar-refractivity contribution is 5.76. The topological polar surface area (TPSA) is 228 Å². The van der Waals surface area contributed by atoms with Gasteiger partial charge in [0.25, 0.3) is 0 Å². The first-order chi connectivity index (χ1) is 39.6. The molecule has 0 aromatic rings. The maximum Gasteiger partial charge on any atom is 0.220 e. The summed E-state index contributed by atoms with van der Waals surface area (Å²) in [6, 6.07) is -0.944. The minimum Gasteiger partial charge on any atom is -0.394 e. The quantitative estimate of drug-likeness (QED) is 0.0204. The number of hydrogen-bond acceptors (Lipinski definition) is 13. The Balaban J connectivity index is 1.75. The molecule has 2 aliphatic heterocycles. The summed E-state index contributed by atoms with van der Waals surface area (Å²) >= 11 is 0. The van der Waals surface area contributed by atoms with Crippen LogP contribution in [0, 0.1) is 0 Å². The van der Waals surface area contributed by atoms with Crippen molar-refractivity contribution in [2.24, 2.45) is 0 Å². The van der Waals surface area contributed by atoms with Gasteiger partial charge in [0.2, 0.25) is 5.91 Å². The largest absolute Gasteiger partial charge is 0.394 e. The predicted octanol–water partition coefficient (Wildman–Crippen LogP) is 12.1. The number of carbonyl (C=O) groups excluding carboxylic acids is 1. The second-order valence-electron chi connectivity index (χ2n) is 22.5. The Morgan fingerprint density at radius 2 is 0.864 bits per heavy atom. The first-order valence-electron chi connectivity index (χ1n) is 32.3. The summed E-state index contributed by atoms with van der Waals surface area (Å²) in [5, 5.41) is 87.3. The second-order valence-corrected chi connectivity index (χ2v) is 22.5. The average Bonchev–Trinajstić information content (AvgIpc) is 3.47. The van der Waals surface area contributed by atoms with E-state index in [0.717, 1.165) is 77.0 Å². The van der Waals surface area contributed by atoms with Gasteiger partial charge in [-0.3, -0.25) is 4.79 Å². The molecule has 0 aliphatic carbocycles. The molecule has 0 spiro atoms. The molecule has 2 aliphatic rings. The van der Waals surface area contributed by atoms with E-state index in [9.17, 15) is 45.6 Å². The number of allylic oxidation sites excluding steroid dienone is 13. The third-order valence-corrected chi connectivity index (χ3v) is 15.3. The maximum atomic E-state index is 13.3. The van der Waals surface area contributed by atoms with Gasteiger partial charge in [0.05, 0.1) is 32.0 Å². The van der Waals surface area contributed by atoms with Crippen molar-refractivity contribution >= 4 is 5.91 Å². The molecule has 2 rings (SSSR count). The fourth-order valence-electron chi connectivity index (χ4n) is 10.1. The number of carbonyl (C=O) groups is 1. The molecule has 0 saturated carbocycles. The summed E-state index contributed by atoms with van der Waals surface area (Å²) < 4.78 is 22.8. The number of aliphatic hydroxyl groups is 8. The molecule has 14 heteroatoms. The van der Waals surface area contributed by atoms with Gasteiger partial charge < -0.3 is 65.1 Å². The van der Waals surface area contributed by atoms with Crippen LogP contribution in [0.3, 0.4) is 0 Å². The van der Waals surface area contributed by atoms with Crippen molar-refractivity contribution in [3.05, 3.63) is 85.1 Å². The Bertz CT molecular complexity index is 1680. The van der Waals surface area contributed by atoms with E-state index in [2.05, 4.69) is 92.1 Å². The summed E-state index contributed by atoms with van der Waals surface area (Å²) in [6.45, 7) is 2.67. The molecule has 9 N–H and O–H groups in total. The molecule has 2 saturated heterocycles. The molecule has 12 unspecified atom stereocenters. The lowest BCUT2D eigenvalue weighted by atomic mass is 9.97. The summed E-state index contributed by atoms with van der Waals surface area (Å²) in [5.74, 6) is -0.257. The van der Waals surface area contributed by atoms with Gasteiger partial charge in [-0.15, -0.1) is 0 Å². The van der Waals surface area contributed by atoms with Gasteiger partial charge in [0.15, 0.2) is 12.6 Å². The molecule has 0 aromatic heterocycles. The molecule has 2 heterocycles. The highest BCUT2D eigenvalue weighted by atomic mass is 16.7. The van der Waals surface area contributed by atoms with Crippen molar-refractivity contribution in [1.29, 1.82) is 0 Å². The number of aliphatic hydroxyl groups excluding tert-OH is 8. The van der Waals surface area contributed by atoms with Gasteiger partial charge in [0.1, 0.15) is 48.8 Å². The highest BCUT2D eigenvalue weighted by Gasteiger charge is 2.51. The zero-order valence-electron chi connectivity index (χ0n) is 50.5. The van der Waals surface area contributed by atoms with Crippen LogP contribution in [0.4, 0.5) is 0 Å². The third kappa shape index (κ3) is 36.6. The molecule has 0 aromatic carbocycles. The van der Waals surface area contributed by atoms with Crippen LogP contribution in [0.1, 0.15) is 239 Å². The molecule has 81 heavy (non-hydrogen) atoms. The van der Waals surface area contributed by atoms with Crippen molar-refractivity contribution in [1.82, 2.24) is 5.32 Å². The lowest BCUT2D eigenvalue weighted by molar-refractivity contribution is -0.359. The number of unbranched alkanes of at least 4 members (excludes halogenated alkanes) is 26. The number of rotatable bonds is 51. The van der Waals surface area contributed by atoms with Crippen LogP contribution in [0.15, 0.2) is 85.1 Å². The number of nitrogens with one attached hydrogen (secondary N) is 1. The zero-order chi connectivity index (χ0) is 58.8. The molecule has 0 bridgehead atoms. The maximum absolute atomic E-state index is 13.3. The number of ether oxygens (including phenoxy) is 4. The first-order valence-corrected chi connectivity index (χ1v) is 32.3. The van der Waals surface area contributed by atoms with E-state index >= 15 is 0 Å². The van der Waals surface area contributed by atoms with E-state index in [1.807, 2.05) is 6.08 Å². The van der Waals surface area contributed by atoms with E-state index < -0.39 is 86.8 Å². The van der Waals surface area contributed by atoms with Crippen molar-refractivity contribution in [2.45, 2.75) is 312 Å². The standard InChI is InChI=1S/C67H117NO13/c1-3-5-7-9-11-13-15-17-19-21-23-25-27-28-29-31-33-35-37-39-41-43-45-47-49-51-59(72)68-55(54-78-66-64(77)62(75)65(58(53-70)80-66)81-67-63(76)61(74)60(73)57(52-69)79-67)56(71)50-48-46-44-42-40-38-36-34-32-30-26-24-22-20-18-16-14-12-10-8-6-4-2/h5,7,11,13,17,19,23,25,32,34,40,42,48,50,55-58,60-67,69-71,73-77H,3-4,6,8-10,12,14-16,18,20-22,24,26-31,33,35-39,41,43-47,49,51-54H2,1-2H3,(H,68,72)/b7-5-,13-11-,19-17-,25-23-,34-32+,42-40+,50-48+. The fraction of sp³-hybridized carbons (Fsp3) is 0.776. The minimum absolute atomic E-state index is 0.257. The predicted molar refractivity (Wildman–Crippen MR) is 327 cm³/mol. The highest BCUT2D eigenvalue weighted by Crippen LogP contribution is 2.30. The van der Waals surface area contributed by atoms with Crippen LogP contribution < -0.4 is 5.32 Å². The van der Waals surface area contributed by atoms with Crippen LogP contribution in [0.25, 0.3) is 0 Å². The van der Waals surface area contributed by atoms with E-state index in [-0.39, 0.29) is 18.9 Å². The minimum atomic E-state index is -1.80. The molecule has 468 valence electrons. The molecular formula is C67H117NO13. The lowest BCUT2D eigenvalue weighted by Crippen LogP contribution is -2.65. The molecule has 2 fully saturated rings. The molecule has 14 nitrogen and oxygen atoms in total. The summed E-state index contributed by atoms with van der Waals surface area (Å²) in [6.07, 6.45) is 53.4. The van der Waals surface area contributed by atoms with Crippen LogP contribution >= 0.6 is 0 Å². The van der Waals surface area contributed by atoms with E-state index in [1.165, 1.54) is 128 Å². The van der Waals surface area contributed by atoms with Crippen LogP contribution in [0.5, 0.6) is 0 Å². The van der Waals surface area contributed by atoms with Crippen molar-refractivity contribution in [3.8, 4) is 0 Å². The Morgan fingerprint density at radius 3 is 1.36 bits per heavy atom. The van der Waals surface area contributed by atoms with Gasteiger partial charge in [-0.2, -0.15) is 0 Å². The summed E-state index contributed by atoms with van der Waals surface area (Å²) in [5.41, 5.74) is 0. The Labute approximate surface area is 491 Å². The van der Waals surface area contributed by atoms with Crippen molar-refractivity contribution in [3.63, 3.8) is 0 Å². The van der Waals surface area contributed by atoms with E-state index in [1.54, 1.807) is 6.08 Å². The molecule has 12 atom stereocenters. The molecular weight excluding hydrogens is 1030 g/mol. The Hall–Kier alpha value is -2.83. The average molecular weight is 1140 g/mol. The molecule has 0 radical (unpaired) electrons. The Morgan fingerprint density at radius 1 is 0.457 bits per heavy atom. The smallest absolute Gasteiger partial charge is 0.220 e. The normalized spacial score (nSPS) is 24.7. The zero-order valence-corrected chi connectivity index (χ0v) is 50.5. The van der Waals surface area contributed by atoms with E-state index in [4.69, 9.17) is 18.9 Å². The monoisotopic (exact) mass is 1140 g/mol. The van der Waals surface area contributed by atoms with Crippen LogP contribution in [-0.4, -0.2) is 140 Å². The van der Waals surface area contributed by atoms with Gasteiger partial charge in [0, 0.05) is 6.42 Å².